The van der Waals surface area contributed by atoms with E-state index in [1.165, 1.54) is 14.2 Å². The molecule has 30 heavy (non-hydrogen) atoms. The van der Waals surface area contributed by atoms with Crippen LogP contribution in [0.4, 0.5) is 5.69 Å². The Morgan fingerprint density at radius 3 is 2.53 bits per heavy atom. The molecule has 0 amide bonds. The van der Waals surface area contributed by atoms with Crippen LogP contribution in [0.3, 0.4) is 0 Å². The molecule has 3 aromatic rings. The largest absolute Gasteiger partial charge is 0.465 e. The number of esters is 1. The molecule has 0 saturated carbocycles. The van der Waals surface area contributed by atoms with Gasteiger partial charge in [-0.3, -0.25) is 9.36 Å². The van der Waals surface area contributed by atoms with Gasteiger partial charge in [0, 0.05) is 24.6 Å². The van der Waals surface area contributed by atoms with Gasteiger partial charge in [0.2, 0.25) is 15.0 Å². The number of carbonyl (C=O) groups excluding carboxylic acids is 1. The zero-order valence-electron chi connectivity index (χ0n) is 17.4. The summed E-state index contributed by atoms with van der Waals surface area (Å²) in [6.45, 7) is 3.70. The minimum absolute atomic E-state index is 0.299. The number of fused-ring (bicyclic) bond motifs is 1. The number of aryl methyl sites for hydroxylation is 1. The van der Waals surface area contributed by atoms with Gasteiger partial charge in [0.25, 0.3) is 5.56 Å². The molecule has 0 bridgehead atoms. The maximum Gasteiger partial charge on any atom is 0.339 e. The predicted octanol–water partition coefficient (Wildman–Crippen LogP) is 2.61. The number of hydrogen-bond donors (Lipinski definition) is 1. The molecule has 1 N–H and O–H groups in total. The van der Waals surface area contributed by atoms with E-state index in [2.05, 4.69) is 10.3 Å². The number of aromatic nitrogens is 2. The molecule has 1 aromatic heterocycles. The number of methoxy groups -OCH3 is 1. The molecule has 0 aliphatic rings. The van der Waals surface area contributed by atoms with Crippen molar-refractivity contribution in [2.24, 2.45) is 7.05 Å². The average molecular weight is 429 g/mol. The first kappa shape index (κ1) is 21.5. The molecule has 0 aliphatic heterocycles. The molecule has 0 fully saturated rings. The molecule has 1 unspecified atom stereocenters. The van der Waals surface area contributed by atoms with Crippen LogP contribution in [0.15, 0.2) is 46.3 Å². The van der Waals surface area contributed by atoms with Crippen LogP contribution in [0, 0.1) is 6.92 Å². The molecule has 8 nitrogen and oxygen atoms in total. The lowest BCUT2D eigenvalue weighted by atomic mass is 10.0. The third kappa shape index (κ3) is 3.93. The maximum atomic E-state index is 12.8. The third-order valence-electron chi connectivity index (χ3n) is 4.82. The highest BCUT2D eigenvalue weighted by atomic mass is 32.2. The second-order valence-corrected chi connectivity index (χ2v) is 9.09. The number of nitrogens with one attached hydrogen (secondary N) is 1. The summed E-state index contributed by atoms with van der Waals surface area (Å²) in [6, 6.07) is 10.1. The SMILES string of the molecule is COC(=O)c1ccccc1NC(C)c1cc(C)cc2c(=O)n(C)c(S(C)(=O)=O)nc12. The van der Waals surface area contributed by atoms with Crippen molar-refractivity contribution in [3.05, 3.63) is 63.4 Å². The van der Waals surface area contributed by atoms with E-state index in [0.29, 0.717) is 27.7 Å². The molecule has 3 rings (SSSR count). The van der Waals surface area contributed by atoms with Gasteiger partial charge in [0.05, 0.1) is 29.6 Å². The van der Waals surface area contributed by atoms with Crippen LogP contribution in [0.1, 0.15) is 34.5 Å². The summed E-state index contributed by atoms with van der Waals surface area (Å²) in [4.78, 5) is 29.2. The lowest BCUT2D eigenvalue weighted by Crippen LogP contribution is -2.25. The molecule has 2 aromatic carbocycles. The van der Waals surface area contributed by atoms with Crippen molar-refractivity contribution >= 4 is 32.4 Å². The molecule has 1 atom stereocenters. The Labute approximate surface area is 174 Å². The zero-order valence-corrected chi connectivity index (χ0v) is 18.2. The van der Waals surface area contributed by atoms with Crippen molar-refractivity contribution in [2.45, 2.75) is 25.0 Å². The van der Waals surface area contributed by atoms with Gasteiger partial charge in [-0.15, -0.1) is 0 Å². The van der Waals surface area contributed by atoms with E-state index >= 15 is 0 Å². The summed E-state index contributed by atoms with van der Waals surface area (Å²) in [7, 11) is -1.01. The van der Waals surface area contributed by atoms with E-state index < -0.39 is 21.4 Å². The number of para-hydroxylation sites is 1. The number of ether oxygens (including phenoxy) is 1. The van der Waals surface area contributed by atoms with Gasteiger partial charge in [0.1, 0.15) is 0 Å². The number of nitrogens with zero attached hydrogens (tertiary/aromatic N) is 2. The predicted molar refractivity (Wildman–Crippen MR) is 115 cm³/mol. The van der Waals surface area contributed by atoms with E-state index in [1.54, 1.807) is 30.3 Å². The van der Waals surface area contributed by atoms with Gasteiger partial charge < -0.3 is 10.1 Å². The Morgan fingerprint density at radius 2 is 1.90 bits per heavy atom. The van der Waals surface area contributed by atoms with Crippen LogP contribution in [0.2, 0.25) is 0 Å². The average Bonchev–Trinajstić information content (AvgIpc) is 2.69. The van der Waals surface area contributed by atoms with E-state index in [0.717, 1.165) is 16.4 Å². The normalized spacial score (nSPS) is 12.6. The van der Waals surface area contributed by atoms with Crippen LogP contribution in [0.5, 0.6) is 0 Å². The van der Waals surface area contributed by atoms with Crippen LogP contribution < -0.4 is 10.9 Å². The fraction of sp³-hybridized carbons (Fsp3) is 0.286. The molecular weight excluding hydrogens is 406 g/mol. The number of benzene rings is 2. The minimum atomic E-state index is -3.71. The first-order valence-corrected chi connectivity index (χ1v) is 11.1. The van der Waals surface area contributed by atoms with Gasteiger partial charge >= 0.3 is 5.97 Å². The molecule has 0 aliphatic carbocycles. The number of anilines is 1. The third-order valence-corrected chi connectivity index (χ3v) is 5.84. The number of rotatable bonds is 5. The molecule has 0 radical (unpaired) electrons. The highest BCUT2D eigenvalue weighted by Crippen LogP contribution is 2.28. The lowest BCUT2D eigenvalue weighted by Gasteiger charge is -2.20. The van der Waals surface area contributed by atoms with Gasteiger partial charge in [-0.05, 0) is 37.6 Å². The molecule has 158 valence electrons. The fourth-order valence-corrected chi connectivity index (χ4v) is 4.24. The summed E-state index contributed by atoms with van der Waals surface area (Å²) in [5, 5.41) is 3.28. The first-order valence-electron chi connectivity index (χ1n) is 9.19. The standard InChI is InChI=1S/C21H23N3O5S/c1-12-10-15(13(2)22-17-9-7-6-8-14(17)20(26)29-4)18-16(11-12)19(25)24(3)21(23-18)30(5,27)28/h6-11,13,22H,1-5H3. The second-order valence-electron chi connectivity index (χ2n) is 7.18. The quantitative estimate of drug-likeness (QED) is 0.491. The topological polar surface area (TPSA) is 107 Å². The van der Waals surface area contributed by atoms with Gasteiger partial charge in [0.15, 0.2) is 0 Å². The van der Waals surface area contributed by atoms with E-state index in [9.17, 15) is 18.0 Å². The number of hydrogen-bond acceptors (Lipinski definition) is 7. The molecule has 9 heteroatoms. The maximum absolute atomic E-state index is 12.8. The molecule has 0 saturated heterocycles. The van der Waals surface area contributed by atoms with E-state index in [-0.39, 0.29) is 11.2 Å². The summed E-state index contributed by atoms with van der Waals surface area (Å²) >= 11 is 0. The van der Waals surface area contributed by atoms with Crippen molar-refractivity contribution in [1.82, 2.24) is 9.55 Å². The smallest absolute Gasteiger partial charge is 0.339 e. The highest BCUT2D eigenvalue weighted by Gasteiger charge is 2.21. The lowest BCUT2D eigenvalue weighted by molar-refractivity contribution is 0.0601. The second kappa shape index (κ2) is 7.91. The van der Waals surface area contributed by atoms with Crippen molar-refractivity contribution in [3.8, 4) is 0 Å². The van der Waals surface area contributed by atoms with E-state index in [4.69, 9.17) is 4.74 Å². The van der Waals surface area contributed by atoms with Gasteiger partial charge in [-0.2, -0.15) is 0 Å². The summed E-state index contributed by atoms with van der Waals surface area (Å²) in [5.74, 6) is -0.481. The number of sulfone groups is 1. The Hall–Kier alpha value is -3.20. The monoisotopic (exact) mass is 429 g/mol. The first-order chi connectivity index (χ1) is 14.0. The molecule has 1 heterocycles. The van der Waals surface area contributed by atoms with Crippen LogP contribution in [-0.2, 0) is 21.6 Å². The van der Waals surface area contributed by atoms with Crippen LogP contribution in [0.25, 0.3) is 10.9 Å². The Balaban J connectivity index is 2.20. The Bertz CT molecular complexity index is 1310. The minimum Gasteiger partial charge on any atom is -0.465 e. The van der Waals surface area contributed by atoms with Crippen molar-refractivity contribution in [3.63, 3.8) is 0 Å². The summed E-state index contributed by atoms with van der Waals surface area (Å²) < 4.78 is 30.2. The number of carbonyl (C=O) groups is 1. The van der Waals surface area contributed by atoms with E-state index in [1.807, 2.05) is 19.9 Å². The Kier molecular flexibility index (Phi) is 5.67. The molecular formula is C21H23N3O5S. The van der Waals surface area contributed by atoms with Crippen LogP contribution in [-0.4, -0.2) is 37.3 Å². The Morgan fingerprint density at radius 1 is 1.23 bits per heavy atom. The summed E-state index contributed by atoms with van der Waals surface area (Å²) in [6.07, 6.45) is 1.02. The van der Waals surface area contributed by atoms with Crippen LogP contribution >= 0.6 is 0 Å². The fourth-order valence-electron chi connectivity index (χ4n) is 3.40. The van der Waals surface area contributed by atoms with Gasteiger partial charge in [-0.1, -0.05) is 18.2 Å². The highest BCUT2D eigenvalue weighted by molar-refractivity contribution is 7.90. The van der Waals surface area contributed by atoms with Crippen molar-refractivity contribution < 1.29 is 17.9 Å². The molecule has 0 spiro atoms. The summed E-state index contributed by atoms with van der Waals surface area (Å²) in [5.41, 5.74) is 2.26. The van der Waals surface area contributed by atoms with Crippen molar-refractivity contribution in [2.75, 3.05) is 18.7 Å². The van der Waals surface area contributed by atoms with Crippen molar-refractivity contribution in [1.29, 1.82) is 0 Å². The van der Waals surface area contributed by atoms with Gasteiger partial charge in [-0.25, -0.2) is 18.2 Å². The zero-order chi connectivity index (χ0) is 22.2.